The number of hydrogen-bond acceptors (Lipinski definition) is 3. The molecule has 0 saturated carbocycles. The van der Waals surface area contributed by atoms with Crippen LogP contribution >= 0.6 is 39.3 Å². The molecule has 4 nitrogen and oxygen atoms in total. The molecular weight excluding hydrogens is 556 g/mol. The molecule has 1 atom stereocenters. The number of halogens is 2. The largest absolute Gasteiger partial charge is 0.354 e. The Balaban J connectivity index is 1.81. The van der Waals surface area contributed by atoms with Crippen LogP contribution in [-0.2, 0) is 28.3 Å². The summed E-state index contributed by atoms with van der Waals surface area (Å²) >= 11 is 11.1. The Kier molecular flexibility index (Phi) is 11.9. The number of nitrogens with one attached hydrogen (secondary N) is 1. The zero-order chi connectivity index (χ0) is 25.8. The highest BCUT2D eigenvalue weighted by Gasteiger charge is 2.30. The molecule has 0 fully saturated rings. The maximum Gasteiger partial charge on any atom is 0.243 e. The predicted octanol–water partition coefficient (Wildman–Crippen LogP) is 6.89. The second-order valence-corrected chi connectivity index (χ2v) is 11.0. The molecule has 36 heavy (non-hydrogen) atoms. The molecule has 0 heterocycles. The van der Waals surface area contributed by atoms with E-state index in [2.05, 4.69) is 28.2 Å². The monoisotopic (exact) mass is 586 g/mol. The van der Waals surface area contributed by atoms with Gasteiger partial charge in [-0.25, -0.2) is 0 Å². The molecule has 1 N–H and O–H groups in total. The molecule has 190 valence electrons. The van der Waals surface area contributed by atoms with Gasteiger partial charge >= 0.3 is 0 Å². The first-order valence-electron chi connectivity index (χ1n) is 12.1. The van der Waals surface area contributed by atoms with Crippen LogP contribution in [0.25, 0.3) is 0 Å². The molecule has 1 unspecified atom stereocenters. The van der Waals surface area contributed by atoms with E-state index in [1.54, 1.807) is 16.7 Å². The van der Waals surface area contributed by atoms with Crippen LogP contribution in [0.15, 0.2) is 83.3 Å². The average Bonchev–Trinajstić information content (AvgIpc) is 2.89. The highest BCUT2D eigenvalue weighted by Crippen LogP contribution is 2.20. The summed E-state index contributed by atoms with van der Waals surface area (Å²) in [5, 5.41) is 3.69. The fraction of sp³-hybridized carbons (Fsp3) is 0.310. The first-order valence-corrected chi connectivity index (χ1v) is 14.5. The molecular formula is C29H32BrClN2O2S. The standard InChI is InChI=1S/C29H32BrClN2O2S/c1-2-3-17-32-29(35)27(18-22-7-5-4-6-8-22)33(19-23-11-15-26(31)16-12-23)28(34)21-36-20-24-9-13-25(30)14-10-24/h4-16,27H,2-3,17-21H2,1H3,(H,32,35). The van der Waals surface area contributed by atoms with E-state index in [0.29, 0.717) is 24.5 Å². The van der Waals surface area contributed by atoms with Gasteiger partial charge in [-0.3, -0.25) is 9.59 Å². The predicted molar refractivity (Wildman–Crippen MR) is 154 cm³/mol. The summed E-state index contributed by atoms with van der Waals surface area (Å²) < 4.78 is 1.03. The second kappa shape index (κ2) is 15.1. The van der Waals surface area contributed by atoms with Crippen molar-refractivity contribution < 1.29 is 9.59 Å². The van der Waals surface area contributed by atoms with E-state index in [9.17, 15) is 9.59 Å². The maximum absolute atomic E-state index is 13.6. The van der Waals surface area contributed by atoms with Gasteiger partial charge in [0.15, 0.2) is 0 Å². The normalized spacial score (nSPS) is 11.6. The van der Waals surface area contributed by atoms with Crippen molar-refractivity contribution >= 4 is 51.1 Å². The third-order valence-corrected chi connectivity index (χ3v) is 7.54. The summed E-state index contributed by atoms with van der Waals surface area (Å²) in [6, 6.07) is 24.8. The number of carbonyl (C=O) groups is 2. The van der Waals surface area contributed by atoms with Gasteiger partial charge in [-0.1, -0.05) is 95.5 Å². The van der Waals surface area contributed by atoms with Gasteiger partial charge in [-0.2, -0.15) is 0 Å². The lowest BCUT2D eigenvalue weighted by Gasteiger charge is -2.31. The molecule has 7 heteroatoms. The summed E-state index contributed by atoms with van der Waals surface area (Å²) in [7, 11) is 0. The Morgan fingerprint density at radius 2 is 1.61 bits per heavy atom. The minimum absolute atomic E-state index is 0.0568. The fourth-order valence-electron chi connectivity index (χ4n) is 3.77. The molecule has 0 radical (unpaired) electrons. The number of nitrogens with zero attached hydrogens (tertiary/aromatic N) is 1. The molecule has 0 aliphatic rings. The lowest BCUT2D eigenvalue weighted by Crippen LogP contribution is -2.51. The molecule has 0 aliphatic heterocycles. The van der Waals surface area contributed by atoms with Crippen molar-refractivity contribution in [1.29, 1.82) is 0 Å². The molecule has 0 saturated heterocycles. The van der Waals surface area contributed by atoms with Crippen LogP contribution in [0.2, 0.25) is 5.02 Å². The number of rotatable bonds is 13. The first-order chi connectivity index (χ1) is 17.5. The Labute approximate surface area is 231 Å². The number of amides is 2. The van der Waals surface area contributed by atoms with Gasteiger partial charge in [-0.15, -0.1) is 11.8 Å². The number of benzene rings is 3. The van der Waals surface area contributed by atoms with Crippen molar-refractivity contribution in [3.05, 3.63) is 105 Å². The zero-order valence-corrected chi connectivity index (χ0v) is 23.6. The maximum atomic E-state index is 13.6. The third kappa shape index (κ3) is 9.30. The van der Waals surface area contributed by atoms with Crippen LogP contribution in [0.1, 0.15) is 36.5 Å². The van der Waals surface area contributed by atoms with E-state index in [0.717, 1.165) is 39.8 Å². The van der Waals surface area contributed by atoms with Crippen LogP contribution in [0.3, 0.4) is 0 Å². The lowest BCUT2D eigenvalue weighted by atomic mass is 10.0. The van der Waals surface area contributed by atoms with Gasteiger partial charge in [-0.05, 0) is 47.4 Å². The van der Waals surface area contributed by atoms with Crippen molar-refractivity contribution in [2.45, 2.75) is 44.5 Å². The zero-order valence-electron chi connectivity index (χ0n) is 20.5. The van der Waals surface area contributed by atoms with Gasteiger partial charge in [0.25, 0.3) is 0 Å². The van der Waals surface area contributed by atoms with Crippen molar-refractivity contribution in [2.24, 2.45) is 0 Å². The third-order valence-electron chi connectivity index (χ3n) is 5.77. The van der Waals surface area contributed by atoms with E-state index in [1.165, 1.54) is 0 Å². The van der Waals surface area contributed by atoms with Crippen LogP contribution in [0.4, 0.5) is 0 Å². The second-order valence-electron chi connectivity index (χ2n) is 8.62. The van der Waals surface area contributed by atoms with Gasteiger partial charge in [0, 0.05) is 34.8 Å². The van der Waals surface area contributed by atoms with Crippen molar-refractivity contribution in [3.8, 4) is 0 Å². The molecule has 3 aromatic rings. The molecule has 2 amide bonds. The average molecular weight is 588 g/mol. The first kappa shape index (κ1) is 28.3. The van der Waals surface area contributed by atoms with E-state index in [-0.39, 0.29) is 17.6 Å². The lowest BCUT2D eigenvalue weighted by molar-refractivity contribution is -0.139. The van der Waals surface area contributed by atoms with Gasteiger partial charge in [0.1, 0.15) is 6.04 Å². The Bertz CT molecular complexity index is 1090. The highest BCUT2D eigenvalue weighted by atomic mass is 79.9. The van der Waals surface area contributed by atoms with E-state index in [4.69, 9.17) is 11.6 Å². The number of thioether (sulfide) groups is 1. The Hall–Kier alpha value is -2.28. The molecule has 0 bridgehead atoms. The topological polar surface area (TPSA) is 49.4 Å². The molecule has 3 rings (SSSR count). The van der Waals surface area contributed by atoms with Crippen LogP contribution < -0.4 is 5.32 Å². The number of hydrogen-bond donors (Lipinski definition) is 1. The van der Waals surface area contributed by atoms with Crippen LogP contribution in [-0.4, -0.2) is 35.1 Å². The van der Waals surface area contributed by atoms with Crippen LogP contribution in [0, 0.1) is 0 Å². The molecule has 0 spiro atoms. The summed E-state index contributed by atoms with van der Waals surface area (Å²) in [6.45, 7) is 3.03. The minimum atomic E-state index is -0.610. The van der Waals surface area contributed by atoms with E-state index >= 15 is 0 Å². The van der Waals surface area contributed by atoms with Gasteiger partial charge in [0.05, 0.1) is 5.75 Å². The molecule has 0 aliphatic carbocycles. The van der Waals surface area contributed by atoms with Gasteiger partial charge < -0.3 is 10.2 Å². The minimum Gasteiger partial charge on any atom is -0.354 e. The van der Waals surface area contributed by atoms with Crippen molar-refractivity contribution in [2.75, 3.05) is 12.3 Å². The molecule has 3 aromatic carbocycles. The summed E-state index contributed by atoms with van der Waals surface area (Å²) in [5.74, 6) is 0.836. The van der Waals surface area contributed by atoms with Crippen LogP contribution in [0.5, 0.6) is 0 Å². The van der Waals surface area contributed by atoms with Crippen molar-refractivity contribution in [1.82, 2.24) is 10.2 Å². The summed E-state index contributed by atoms with van der Waals surface area (Å²) in [4.78, 5) is 28.7. The highest BCUT2D eigenvalue weighted by molar-refractivity contribution is 9.10. The molecule has 0 aromatic heterocycles. The summed E-state index contributed by atoms with van der Waals surface area (Å²) in [6.07, 6.45) is 2.34. The Morgan fingerprint density at radius 3 is 2.28 bits per heavy atom. The van der Waals surface area contributed by atoms with E-state index < -0.39 is 6.04 Å². The SMILES string of the molecule is CCCCNC(=O)C(Cc1ccccc1)N(Cc1ccc(Cl)cc1)C(=O)CSCc1ccc(Br)cc1. The quantitative estimate of drug-likeness (QED) is 0.222. The smallest absolute Gasteiger partial charge is 0.243 e. The van der Waals surface area contributed by atoms with E-state index in [1.807, 2.05) is 78.9 Å². The number of carbonyl (C=O) groups excluding carboxylic acids is 2. The Morgan fingerprint density at radius 1 is 0.944 bits per heavy atom. The number of unbranched alkanes of at least 4 members (excludes halogenated alkanes) is 1. The fourth-order valence-corrected chi connectivity index (χ4v) is 5.03. The summed E-state index contributed by atoms with van der Waals surface area (Å²) in [5.41, 5.74) is 3.10. The van der Waals surface area contributed by atoms with Gasteiger partial charge in [0.2, 0.25) is 11.8 Å². The van der Waals surface area contributed by atoms with Crippen molar-refractivity contribution in [3.63, 3.8) is 0 Å².